The first kappa shape index (κ1) is 20.5. The molecule has 1 heterocycles. The minimum absolute atomic E-state index is 0.0919. The maximum absolute atomic E-state index is 13.2. The standard InChI is InChI=1S/C20H19FN4O3S/c1-2-22-19(28)24-17(26)12-29-20-23-16-6-4-3-5-15(16)18(27)25(20)11-13-7-9-14(21)10-8-13/h3-10H,2,11-12H2,1H3,(H2,22,24,26,28). The fourth-order valence-corrected chi connectivity index (χ4v) is 3.47. The zero-order valence-corrected chi connectivity index (χ0v) is 16.5. The van der Waals surface area contributed by atoms with Crippen molar-refractivity contribution in [3.63, 3.8) is 0 Å². The van der Waals surface area contributed by atoms with E-state index >= 15 is 0 Å². The zero-order chi connectivity index (χ0) is 20.8. The quantitative estimate of drug-likeness (QED) is 0.478. The number of amides is 3. The van der Waals surface area contributed by atoms with Gasteiger partial charge < -0.3 is 5.32 Å². The Balaban J connectivity index is 1.89. The number of hydrogen-bond donors (Lipinski definition) is 2. The second kappa shape index (κ2) is 9.33. The average Bonchev–Trinajstić information content (AvgIpc) is 2.70. The second-order valence-corrected chi connectivity index (χ2v) is 7.07. The van der Waals surface area contributed by atoms with Crippen LogP contribution in [-0.2, 0) is 11.3 Å². The highest BCUT2D eigenvalue weighted by molar-refractivity contribution is 7.99. The maximum atomic E-state index is 13.2. The van der Waals surface area contributed by atoms with Crippen molar-refractivity contribution in [1.82, 2.24) is 20.2 Å². The molecular formula is C20H19FN4O3S. The van der Waals surface area contributed by atoms with Crippen molar-refractivity contribution >= 4 is 34.6 Å². The monoisotopic (exact) mass is 414 g/mol. The van der Waals surface area contributed by atoms with E-state index in [4.69, 9.17) is 0 Å². The number of nitrogens with zero attached hydrogens (tertiary/aromatic N) is 2. The molecule has 0 aliphatic carbocycles. The van der Waals surface area contributed by atoms with Crippen molar-refractivity contribution in [2.75, 3.05) is 12.3 Å². The van der Waals surface area contributed by atoms with Gasteiger partial charge in [-0.1, -0.05) is 36.0 Å². The summed E-state index contributed by atoms with van der Waals surface area (Å²) >= 11 is 1.05. The van der Waals surface area contributed by atoms with E-state index in [9.17, 15) is 18.8 Å². The van der Waals surface area contributed by atoms with E-state index in [-0.39, 0.29) is 23.7 Å². The largest absolute Gasteiger partial charge is 0.338 e. The molecule has 0 saturated heterocycles. The molecule has 0 fully saturated rings. The number of benzene rings is 2. The predicted molar refractivity (Wildman–Crippen MR) is 109 cm³/mol. The first-order chi connectivity index (χ1) is 14.0. The Morgan fingerprint density at radius 2 is 1.86 bits per heavy atom. The number of aromatic nitrogens is 2. The molecule has 3 amide bonds. The lowest BCUT2D eigenvalue weighted by molar-refractivity contribution is -0.117. The number of carbonyl (C=O) groups is 2. The predicted octanol–water partition coefficient (Wildman–Crippen LogP) is 2.52. The molecule has 0 spiro atoms. The third kappa shape index (κ3) is 5.20. The number of imide groups is 1. The molecule has 0 saturated carbocycles. The summed E-state index contributed by atoms with van der Waals surface area (Å²) in [4.78, 5) is 41.0. The van der Waals surface area contributed by atoms with E-state index in [1.807, 2.05) is 0 Å². The molecule has 9 heteroatoms. The van der Waals surface area contributed by atoms with Gasteiger partial charge in [-0.25, -0.2) is 14.2 Å². The van der Waals surface area contributed by atoms with Crippen LogP contribution >= 0.6 is 11.8 Å². The van der Waals surface area contributed by atoms with E-state index < -0.39 is 11.9 Å². The molecule has 29 heavy (non-hydrogen) atoms. The Labute approximate surface area is 170 Å². The van der Waals surface area contributed by atoms with Gasteiger partial charge in [0.25, 0.3) is 5.56 Å². The molecule has 3 aromatic rings. The lowest BCUT2D eigenvalue weighted by atomic mass is 10.2. The van der Waals surface area contributed by atoms with Gasteiger partial charge in [-0.3, -0.25) is 19.5 Å². The highest BCUT2D eigenvalue weighted by atomic mass is 32.2. The van der Waals surface area contributed by atoms with E-state index in [0.29, 0.717) is 22.6 Å². The van der Waals surface area contributed by atoms with Crippen LogP contribution in [0.2, 0.25) is 0 Å². The number of hydrogen-bond acceptors (Lipinski definition) is 5. The number of nitrogens with one attached hydrogen (secondary N) is 2. The number of halogens is 1. The fourth-order valence-electron chi connectivity index (χ4n) is 2.67. The summed E-state index contributed by atoms with van der Waals surface area (Å²) in [5.41, 5.74) is 0.977. The Bertz CT molecular complexity index is 1100. The summed E-state index contributed by atoms with van der Waals surface area (Å²) in [6.45, 7) is 2.32. The lowest BCUT2D eigenvalue weighted by Crippen LogP contribution is -2.40. The molecule has 0 aliphatic heterocycles. The smallest absolute Gasteiger partial charge is 0.321 e. The third-order valence-corrected chi connectivity index (χ3v) is 4.98. The Morgan fingerprint density at radius 3 is 2.59 bits per heavy atom. The summed E-state index contributed by atoms with van der Waals surface area (Å²) in [6, 6.07) is 12.2. The van der Waals surface area contributed by atoms with Gasteiger partial charge in [0.15, 0.2) is 5.16 Å². The van der Waals surface area contributed by atoms with Crippen LogP contribution in [0.25, 0.3) is 10.9 Å². The first-order valence-corrected chi connectivity index (χ1v) is 9.91. The van der Waals surface area contributed by atoms with E-state index in [2.05, 4.69) is 15.6 Å². The topological polar surface area (TPSA) is 93.1 Å². The highest BCUT2D eigenvalue weighted by Gasteiger charge is 2.15. The van der Waals surface area contributed by atoms with Gasteiger partial charge in [-0.15, -0.1) is 0 Å². The summed E-state index contributed by atoms with van der Waals surface area (Å²) < 4.78 is 14.6. The molecule has 0 bridgehead atoms. The van der Waals surface area contributed by atoms with Gasteiger partial charge in [0, 0.05) is 6.54 Å². The number of thioether (sulfide) groups is 1. The van der Waals surface area contributed by atoms with Crippen molar-refractivity contribution in [1.29, 1.82) is 0 Å². The molecular weight excluding hydrogens is 395 g/mol. The van der Waals surface area contributed by atoms with Crippen molar-refractivity contribution in [2.24, 2.45) is 0 Å². The Kier molecular flexibility index (Phi) is 6.61. The van der Waals surface area contributed by atoms with E-state index in [1.54, 1.807) is 43.3 Å². The fraction of sp³-hybridized carbons (Fsp3) is 0.200. The van der Waals surface area contributed by atoms with Gasteiger partial charge in [0.2, 0.25) is 5.91 Å². The normalized spacial score (nSPS) is 10.7. The Hall–Kier alpha value is -3.20. The third-order valence-electron chi connectivity index (χ3n) is 4.00. The first-order valence-electron chi connectivity index (χ1n) is 8.92. The highest BCUT2D eigenvalue weighted by Crippen LogP contribution is 2.19. The van der Waals surface area contributed by atoms with Gasteiger partial charge in [-0.2, -0.15) is 0 Å². The van der Waals surface area contributed by atoms with Gasteiger partial charge in [0.1, 0.15) is 5.82 Å². The summed E-state index contributed by atoms with van der Waals surface area (Å²) in [7, 11) is 0. The molecule has 0 atom stereocenters. The van der Waals surface area contributed by atoms with Crippen LogP contribution in [0.1, 0.15) is 12.5 Å². The van der Waals surface area contributed by atoms with Crippen LogP contribution in [0, 0.1) is 5.82 Å². The van der Waals surface area contributed by atoms with Gasteiger partial charge >= 0.3 is 6.03 Å². The molecule has 7 nitrogen and oxygen atoms in total. The van der Waals surface area contributed by atoms with Crippen molar-refractivity contribution < 1.29 is 14.0 Å². The van der Waals surface area contributed by atoms with Crippen molar-refractivity contribution in [3.05, 3.63) is 70.3 Å². The van der Waals surface area contributed by atoms with Crippen LogP contribution in [0.3, 0.4) is 0 Å². The number of para-hydroxylation sites is 1. The van der Waals surface area contributed by atoms with Crippen molar-refractivity contribution in [3.8, 4) is 0 Å². The number of urea groups is 1. The molecule has 2 N–H and O–H groups in total. The number of fused-ring (bicyclic) bond motifs is 1. The molecule has 0 unspecified atom stereocenters. The van der Waals surface area contributed by atoms with E-state index in [1.165, 1.54) is 16.7 Å². The SMILES string of the molecule is CCNC(=O)NC(=O)CSc1nc2ccccc2c(=O)n1Cc1ccc(F)cc1. The number of rotatable bonds is 6. The van der Waals surface area contributed by atoms with Gasteiger partial charge in [0.05, 0.1) is 23.2 Å². The van der Waals surface area contributed by atoms with Crippen molar-refractivity contribution in [2.45, 2.75) is 18.6 Å². The maximum Gasteiger partial charge on any atom is 0.321 e. The number of carbonyl (C=O) groups excluding carboxylic acids is 2. The van der Waals surface area contributed by atoms with Crippen LogP contribution in [0.5, 0.6) is 0 Å². The minimum atomic E-state index is -0.576. The molecule has 2 aromatic carbocycles. The van der Waals surface area contributed by atoms with Gasteiger partial charge in [-0.05, 0) is 36.8 Å². The summed E-state index contributed by atoms with van der Waals surface area (Å²) in [5, 5.41) is 5.47. The van der Waals surface area contributed by atoms with Crippen LogP contribution in [0.15, 0.2) is 58.5 Å². The van der Waals surface area contributed by atoms with Crippen LogP contribution in [0.4, 0.5) is 9.18 Å². The molecule has 1 aromatic heterocycles. The minimum Gasteiger partial charge on any atom is -0.338 e. The molecule has 150 valence electrons. The summed E-state index contributed by atoms with van der Waals surface area (Å²) in [5.74, 6) is -0.961. The lowest BCUT2D eigenvalue weighted by Gasteiger charge is -2.13. The van der Waals surface area contributed by atoms with Crippen LogP contribution in [-0.4, -0.2) is 33.8 Å². The van der Waals surface area contributed by atoms with Crippen LogP contribution < -0.4 is 16.2 Å². The molecule has 0 radical (unpaired) electrons. The summed E-state index contributed by atoms with van der Waals surface area (Å²) in [6.07, 6.45) is 0. The Morgan fingerprint density at radius 1 is 1.14 bits per heavy atom. The molecule has 0 aliphatic rings. The molecule has 3 rings (SSSR count). The van der Waals surface area contributed by atoms with E-state index in [0.717, 1.165) is 17.3 Å². The second-order valence-electron chi connectivity index (χ2n) is 6.13. The zero-order valence-electron chi connectivity index (χ0n) is 15.6. The average molecular weight is 414 g/mol.